The van der Waals surface area contributed by atoms with Crippen LogP contribution in [0.3, 0.4) is 0 Å². The SMILES string of the molecule is CC1CCC(CCc2ccc(C#Cc3ccc4cc(F)c(F)cc4c3)cc2)CC1. The molecule has 1 saturated carbocycles. The third kappa shape index (κ3) is 5.04. The van der Waals surface area contributed by atoms with Gasteiger partial charge in [0.2, 0.25) is 0 Å². The zero-order valence-electron chi connectivity index (χ0n) is 16.8. The molecular weight excluding hydrogens is 362 g/mol. The topological polar surface area (TPSA) is 0 Å². The highest BCUT2D eigenvalue weighted by Gasteiger charge is 2.17. The highest BCUT2D eigenvalue weighted by molar-refractivity contribution is 5.84. The maximum atomic E-state index is 13.5. The highest BCUT2D eigenvalue weighted by Crippen LogP contribution is 2.31. The Morgan fingerprint density at radius 3 is 2.10 bits per heavy atom. The molecule has 0 aromatic heterocycles. The van der Waals surface area contributed by atoms with Gasteiger partial charge in [-0.15, -0.1) is 0 Å². The van der Waals surface area contributed by atoms with Gasteiger partial charge in [-0.05, 0) is 77.4 Å². The standard InChI is InChI=1S/C27H26F2/c1-19-2-4-20(5-3-19)6-7-21-8-10-22(11-9-21)12-13-23-14-15-24-17-26(28)27(29)18-25(24)16-23/h8-11,14-20H,2-7H2,1H3. The molecular formula is C27H26F2. The van der Waals surface area contributed by atoms with Crippen molar-refractivity contribution in [2.75, 3.05) is 0 Å². The van der Waals surface area contributed by atoms with E-state index in [0.29, 0.717) is 10.8 Å². The van der Waals surface area contributed by atoms with Crippen molar-refractivity contribution < 1.29 is 8.78 Å². The number of aryl methyl sites for hydroxylation is 1. The van der Waals surface area contributed by atoms with Gasteiger partial charge in [0.15, 0.2) is 11.6 Å². The molecule has 0 N–H and O–H groups in total. The lowest BCUT2D eigenvalue weighted by atomic mass is 9.80. The van der Waals surface area contributed by atoms with E-state index in [4.69, 9.17) is 0 Å². The number of fused-ring (bicyclic) bond motifs is 1. The van der Waals surface area contributed by atoms with Gasteiger partial charge in [-0.25, -0.2) is 8.78 Å². The normalized spacial score (nSPS) is 19.0. The molecule has 0 heterocycles. The summed E-state index contributed by atoms with van der Waals surface area (Å²) in [5.74, 6) is 6.44. The van der Waals surface area contributed by atoms with Gasteiger partial charge < -0.3 is 0 Å². The second kappa shape index (κ2) is 8.78. The van der Waals surface area contributed by atoms with E-state index in [1.54, 1.807) is 12.1 Å². The van der Waals surface area contributed by atoms with Crippen LogP contribution in [-0.2, 0) is 6.42 Å². The third-order valence-corrected chi connectivity index (χ3v) is 6.16. The van der Waals surface area contributed by atoms with Crippen molar-refractivity contribution in [3.63, 3.8) is 0 Å². The molecule has 0 amide bonds. The van der Waals surface area contributed by atoms with Crippen molar-refractivity contribution >= 4 is 10.8 Å². The van der Waals surface area contributed by atoms with E-state index in [1.807, 2.05) is 6.07 Å². The van der Waals surface area contributed by atoms with Crippen LogP contribution in [0.1, 0.15) is 55.7 Å². The molecule has 0 unspecified atom stereocenters. The van der Waals surface area contributed by atoms with Crippen LogP contribution in [0.25, 0.3) is 10.8 Å². The molecule has 0 spiro atoms. The van der Waals surface area contributed by atoms with Crippen molar-refractivity contribution in [2.45, 2.75) is 45.4 Å². The molecule has 1 aliphatic carbocycles. The van der Waals surface area contributed by atoms with E-state index in [1.165, 1.54) is 49.8 Å². The molecule has 1 fully saturated rings. The number of hydrogen-bond acceptors (Lipinski definition) is 0. The van der Waals surface area contributed by atoms with Crippen LogP contribution in [0.2, 0.25) is 0 Å². The quantitative estimate of drug-likeness (QED) is 0.414. The van der Waals surface area contributed by atoms with Crippen LogP contribution in [0.15, 0.2) is 54.6 Å². The van der Waals surface area contributed by atoms with Crippen molar-refractivity contribution in [2.24, 2.45) is 11.8 Å². The fourth-order valence-electron chi connectivity index (χ4n) is 4.21. The predicted molar refractivity (Wildman–Crippen MR) is 116 cm³/mol. The summed E-state index contributed by atoms with van der Waals surface area (Å²) in [6.07, 6.45) is 7.96. The Morgan fingerprint density at radius 2 is 1.38 bits per heavy atom. The first-order valence-electron chi connectivity index (χ1n) is 10.6. The van der Waals surface area contributed by atoms with Crippen molar-refractivity contribution in [3.05, 3.63) is 82.9 Å². The molecule has 148 valence electrons. The lowest BCUT2D eigenvalue weighted by molar-refractivity contribution is 0.278. The van der Waals surface area contributed by atoms with Gasteiger partial charge >= 0.3 is 0 Å². The van der Waals surface area contributed by atoms with Gasteiger partial charge in [0, 0.05) is 11.1 Å². The maximum Gasteiger partial charge on any atom is 0.159 e. The van der Waals surface area contributed by atoms with Crippen molar-refractivity contribution in [3.8, 4) is 11.8 Å². The van der Waals surface area contributed by atoms with Crippen LogP contribution in [0, 0.1) is 35.3 Å². The maximum absolute atomic E-state index is 13.5. The summed E-state index contributed by atoms with van der Waals surface area (Å²) in [5.41, 5.74) is 3.13. The number of rotatable bonds is 3. The summed E-state index contributed by atoms with van der Waals surface area (Å²) in [6, 6.07) is 16.3. The average Bonchev–Trinajstić information content (AvgIpc) is 2.73. The van der Waals surface area contributed by atoms with Gasteiger partial charge in [-0.2, -0.15) is 0 Å². The summed E-state index contributed by atoms with van der Waals surface area (Å²) >= 11 is 0. The van der Waals surface area contributed by atoms with E-state index >= 15 is 0 Å². The van der Waals surface area contributed by atoms with Crippen LogP contribution in [-0.4, -0.2) is 0 Å². The number of halogens is 2. The average molecular weight is 389 g/mol. The van der Waals surface area contributed by atoms with Crippen LogP contribution in [0.4, 0.5) is 8.78 Å². The summed E-state index contributed by atoms with van der Waals surface area (Å²) in [5, 5.41) is 1.33. The molecule has 0 saturated heterocycles. The zero-order chi connectivity index (χ0) is 20.2. The van der Waals surface area contributed by atoms with Crippen LogP contribution >= 0.6 is 0 Å². The third-order valence-electron chi connectivity index (χ3n) is 6.16. The lowest BCUT2D eigenvalue weighted by Gasteiger charge is -2.26. The second-order valence-corrected chi connectivity index (χ2v) is 8.44. The van der Waals surface area contributed by atoms with E-state index in [0.717, 1.165) is 29.4 Å². The molecule has 0 radical (unpaired) electrons. The van der Waals surface area contributed by atoms with E-state index < -0.39 is 11.6 Å². The van der Waals surface area contributed by atoms with Crippen molar-refractivity contribution in [1.29, 1.82) is 0 Å². The Hall–Kier alpha value is -2.66. The van der Waals surface area contributed by atoms with Gasteiger partial charge in [-0.1, -0.05) is 62.6 Å². The minimum absolute atomic E-state index is 0.656. The van der Waals surface area contributed by atoms with Gasteiger partial charge in [0.25, 0.3) is 0 Å². The van der Waals surface area contributed by atoms with Crippen LogP contribution in [0.5, 0.6) is 0 Å². The monoisotopic (exact) mass is 388 g/mol. The molecule has 2 heteroatoms. The van der Waals surface area contributed by atoms with Crippen LogP contribution < -0.4 is 0 Å². The highest BCUT2D eigenvalue weighted by atomic mass is 19.2. The Balaban J connectivity index is 1.39. The molecule has 3 aromatic rings. The fourth-order valence-corrected chi connectivity index (χ4v) is 4.21. The molecule has 3 aromatic carbocycles. The zero-order valence-corrected chi connectivity index (χ0v) is 16.8. The first-order valence-corrected chi connectivity index (χ1v) is 10.6. The molecule has 0 bridgehead atoms. The molecule has 0 nitrogen and oxygen atoms in total. The predicted octanol–water partition coefficient (Wildman–Crippen LogP) is 7.28. The Bertz CT molecular complexity index is 1050. The van der Waals surface area contributed by atoms with E-state index in [9.17, 15) is 8.78 Å². The summed E-state index contributed by atoms with van der Waals surface area (Å²) in [7, 11) is 0. The Morgan fingerprint density at radius 1 is 0.759 bits per heavy atom. The Kier molecular flexibility index (Phi) is 5.95. The molecule has 0 aliphatic heterocycles. The Labute approximate surface area is 172 Å². The molecule has 0 atom stereocenters. The summed E-state index contributed by atoms with van der Waals surface area (Å²) < 4.78 is 26.8. The lowest BCUT2D eigenvalue weighted by Crippen LogP contribution is -2.12. The molecule has 29 heavy (non-hydrogen) atoms. The minimum Gasteiger partial charge on any atom is -0.204 e. The minimum atomic E-state index is -0.832. The fraction of sp³-hybridized carbons (Fsp3) is 0.333. The van der Waals surface area contributed by atoms with E-state index in [-0.39, 0.29) is 0 Å². The molecule has 1 aliphatic rings. The number of benzene rings is 3. The summed E-state index contributed by atoms with van der Waals surface area (Å²) in [6.45, 7) is 2.37. The molecule has 4 rings (SSSR count). The largest absolute Gasteiger partial charge is 0.204 e. The van der Waals surface area contributed by atoms with Gasteiger partial charge in [0.05, 0.1) is 0 Å². The first kappa shape index (κ1) is 19.6. The van der Waals surface area contributed by atoms with Gasteiger partial charge in [0.1, 0.15) is 0 Å². The smallest absolute Gasteiger partial charge is 0.159 e. The second-order valence-electron chi connectivity index (χ2n) is 8.44. The summed E-state index contributed by atoms with van der Waals surface area (Å²) in [4.78, 5) is 0. The van der Waals surface area contributed by atoms with Gasteiger partial charge in [-0.3, -0.25) is 0 Å². The van der Waals surface area contributed by atoms with Crippen molar-refractivity contribution in [1.82, 2.24) is 0 Å². The first-order chi connectivity index (χ1) is 14.1. The van der Waals surface area contributed by atoms with E-state index in [2.05, 4.69) is 43.0 Å². The number of hydrogen-bond donors (Lipinski definition) is 0.